The minimum atomic E-state index is -0.772. The SMILES string of the molecule is CC(CN1C(=O)CC(C)C(C(=O)O)C1C)C1CC1. The molecule has 1 saturated carbocycles. The van der Waals surface area contributed by atoms with Crippen molar-refractivity contribution in [3.8, 4) is 0 Å². The lowest BCUT2D eigenvalue weighted by Crippen LogP contribution is -2.54. The van der Waals surface area contributed by atoms with Crippen LogP contribution >= 0.6 is 0 Å². The summed E-state index contributed by atoms with van der Waals surface area (Å²) < 4.78 is 0. The maximum absolute atomic E-state index is 12.1. The highest BCUT2D eigenvalue weighted by atomic mass is 16.4. The Morgan fingerprint density at radius 2 is 2.06 bits per heavy atom. The van der Waals surface area contributed by atoms with Crippen molar-refractivity contribution < 1.29 is 14.7 Å². The largest absolute Gasteiger partial charge is 0.481 e. The maximum atomic E-state index is 12.1. The summed E-state index contributed by atoms with van der Waals surface area (Å²) in [5, 5.41) is 9.30. The molecule has 2 aliphatic rings. The first-order valence-corrected chi connectivity index (χ1v) is 6.94. The number of carboxylic acids is 1. The number of carboxylic acid groups (broad SMARTS) is 1. The molecule has 1 amide bonds. The molecule has 4 heteroatoms. The van der Waals surface area contributed by atoms with Crippen LogP contribution in [0.2, 0.25) is 0 Å². The van der Waals surface area contributed by atoms with E-state index in [9.17, 15) is 14.7 Å². The number of rotatable bonds is 4. The summed E-state index contributed by atoms with van der Waals surface area (Å²) in [4.78, 5) is 25.2. The summed E-state index contributed by atoms with van der Waals surface area (Å²) in [5.41, 5.74) is 0. The molecule has 0 spiro atoms. The van der Waals surface area contributed by atoms with Gasteiger partial charge in [0.25, 0.3) is 0 Å². The van der Waals surface area contributed by atoms with Gasteiger partial charge in [0.2, 0.25) is 5.91 Å². The minimum absolute atomic E-state index is 0.0579. The van der Waals surface area contributed by atoms with Crippen LogP contribution in [0, 0.1) is 23.7 Å². The molecule has 4 unspecified atom stereocenters. The molecule has 0 radical (unpaired) electrons. The number of likely N-dealkylation sites (tertiary alicyclic amines) is 1. The molecule has 4 atom stereocenters. The molecule has 0 bridgehead atoms. The lowest BCUT2D eigenvalue weighted by atomic mass is 9.80. The van der Waals surface area contributed by atoms with Crippen LogP contribution in [0.4, 0.5) is 0 Å². The van der Waals surface area contributed by atoms with Crippen molar-refractivity contribution in [2.75, 3.05) is 6.54 Å². The van der Waals surface area contributed by atoms with Crippen LogP contribution in [0.25, 0.3) is 0 Å². The van der Waals surface area contributed by atoms with Crippen LogP contribution in [0.15, 0.2) is 0 Å². The molecule has 1 N–H and O–H groups in total. The van der Waals surface area contributed by atoms with Gasteiger partial charge in [-0.05, 0) is 37.5 Å². The second-order valence-electron chi connectivity index (χ2n) is 6.15. The van der Waals surface area contributed by atoms with Crippen molar-refractivity contribution in [1.29, 1.82) is 0 Å². The van der Waals surface area contributed by atoms with Crippen LogP contribution in [-0.4, -0.2) is 34.5 Å². The summed E-state index contributed by atoms with van der Waals surface area (Å²) in [6.07, 6.45) is 2.89. The molecule has 18 heavy (non-hydrogen) atoms. The average Bonchev–Trinajstić information content (AvgIpc) is 3.06. The number of carbonyl (C=O) groups excluding carboxylic acids is 1. The molecule has 1 heterocycles. The molecule has 1 saturated heterocycles. The first-order valence-electron chi connectivity index (χ1n) is 6.94. The van der Waals surface area contributed by atoms with Gasteiger partial charge in [0.05, 0.1) is 5.92 Å². The predicted molar refractivity (Wildman–Crippen MR) is 68.0 cm³/mol. The van der Waals surface area contributed by atoms with Gasteiger partial charge in [-0.1, -0.05) is 13.8 Å². The van der Waals surface area contributed by atoms with Gasteiger partial charge in [-0.2, -0.15) is 0 Å². The van der Waals surface area contributed by atoms with Gasteiger partial charge >= 0.3 is 5.97 Å². The lowest BCUT2D eigenvalue weighted by Gasteiger charge is -2.42. The number of hydrogen-bond donors (Lipinski definition) is 1. The Morgan fingerprint density at radius 1 is 1.44 bits per heavy atom. The zero-order valence-corrected chi connectivity index (χ0v) is 11.4. The van der Waals surface area contributed by atoms with Crippen molar-refractivity contribution in [1.82, 2.24) is 4.90 Å². The molecule has 2 rings (SSSR count). The van der Waals surface area contributed by atoms with Crippen LogP contribution < -0.4 is 0 Å². The van der Waals surface area contributed by atoms with Crippen molar-refractivity contribution in [3.05, 3.63) is 0 Å². The van der Waals surface area contributed by atoms with Crippen molar-refractivity contribution in [3.63, 3.8) is 0 Å². The fourth-order valence-electron chi connectivity index (χ4n) is 3.26. The molecular formula is C14H23NO3. The normalized spacial score (nSPS) is 34.5. The van der Waals surface area contributed by atoms with E-state index in [4.69, 9.17) is 0 Å². The van der Waals surface area contributed by atoms with Gasteiger partial charge < -0.3 is 10.0 Å². The highest BCUT2D eigenvalue weighted by molar-refractivity contribution is 5.81. The van der Waals surface area contributed by atoms with Gasteiger partial charge in [-0.15, -0.1) is 0 Å². The van der Waals surface area contributed by atoms with Gasteiger partial charge in [0.15, 0.2) is 0 Å². The summed E-state index contributed by atoms with van der Waals surface area (Å²) in [6, 6.07) is -0.181. The topological polar surface area (TPSA) is 57.6 Å². The fraction of sp³-hybridized carbons (Fsp3) is 0.857. The number of nitrogens with zero attached hydrogens (tertiary/aromatic N) is 1. The number of amides is 1. The molecule has 4 nitrogen and oxygen atoms in total. The molecule has 0 aromatic carbocycles. The van der Waals surface area contributed by atoms with Gasteiger partial charge in [-0.25, -0.2) is 0 Å². The lowest BCUT2D eigenvalue weighted by molar-refractivity contribution is -0.155. The Bertz CT molecular complexity index is 351. The van der Waals surface area contributed by atoms with Gasteiger partial charge in [0, 0.05) is 19.0 Å². The van der Waals surface area contributed by atoms with Crippen LogP contribution in [0.3, 0.4) is 0 Å². The third-order valence-electron chi connectivity index (χ3n) is 4.64. The molecule has 0 aromatic rings. The van der Waals surface area contributed by atoms with E-state index in [1.165, 1.54) is 12.8 Å². The van der Waals surface area contributed by atoms with E-state index < -0.39 is 11.9 Å². The van der Waals surface area contributed by atoms with E-state index in [2.05, 4.69) is 6.92 Å². The summed E-state index contributed by atoms with van der Waals surface area (Å²) in [7, 11) is 0. The first-order chi connectivity index (χ1) is 8.41. The minimum Gasteiger partial charge on any atom is -0.481 e. The van der Waals surface area contributed by atoms with Crippen molar-refractivity contribution in [2.24, 2.45) is 23.7 Å². The monoisotopic (exact) mass is 253 g/mol. The van der Waals surface area contributed by atoms with Crippen LogP contribution in [0.5, 0.6) is 0 Å². The van der Waals surface area contributed by atoms with E-state index in [-0.39, 0.29) is 17.9 Å². The smallest absolute Gasteiger partial charge is 0.308 e. The zero-order valence-electron chi connectivity index (χ0n) is 11.4. The van der Waals surface area contributed by atoms with Gasteiger partial charge in [-0.3, -0.25) is 9.59 Å². The molecular weight excluding hydrogens is 230 g/mol. The second kappa shape index (κ2) is 4.90. The molecule has 0 aromatic heterocycles. The third kappa shape index (κ3) is 2.52. The standard InChI is InChI=1S/C14H23NO3/c1-8-6-12(16)15(7-9(2)11-4-5-11)10(3)13(8)14(17)18/h8-11,13H,4-7H2,1-3H3,(H,17,18). The second-order valence-corrected chi connectivity index (χ2v) is 6.15. The summed E-state index contributed by atoms with van der Waals surface area (Å²) in [6.45, 7) is 6.65. The number of piperidine rings is 1. The van der Waals surface area contributed by atoms with Crippen molar-refractivity contribution >= 4 is 11.9 Å². The van der Waals surface area contributed by atoms with E-state index in [0.717, 1.165) is 12.5 Å². The Kier molecular flexibility index (Phi) is 3.64. The van der Waals surface area contributed by atoms with Crippen molar-refractivity contribution in [2.45, 2.75) is 46.1 Å². The Hall–Kier alpha value is -1.06. The molecule has 2 fully saturated rings. The number of aliphatic carboxylic acids is 1. The predicted octanol–water partition coefficient (Wildman–Crippen LogP) is 1.99. The van der Waals surface area contributed by atoms with E-state index in [1.54, 1.807) is 0 Å². The molecule has 1 aliphatic heterocycles. The third-order valence-corrected chi connectivity index (χ3v) is 4.64. The highest BCUT2D eigenvalue weighted by Gasteiger charge is 2.43. The summed E-state index contributed by atoms with van der Waals surface area (Å²) >= 11 is 0. The highest BCUT2D eigenvalue weighted by Crippen LogP contribution is 2.38. The Labute approximate surface area is 108 Å². The molecule has 1 aliphatic carbocycles. The van der Waals surface area contributed by atoms with Gasteiger partial charge in [0.1, 0.15) is 0 Å². The van der Waals surface area contributed by atoms with Crippen LogP contribution in [0.1, 0.15) is 40.0 Å². The average molecular weight is 253 g/mol. The van der Waals surface area contributed by atoms with E-state index in [0.29, 0.717) is 12.3 Å². The number of hydrogen-bond acceptors (Lipinski definition) is 2. The maximum Gasteiger partial charge on any atom is 0.308 e. The van der Waals surface area contributed by atoms with Crippen LogP contribution in [-0.2, 0) is 9.59 Å². The zero-order chi connectivity index (χ0) is 13.4. The fourth-order valence-corrected chi connectivity index (χ4v) is 3.26. The number of carbonyl (C=O) groups is 2. The van der Waals surface area contributed by atoms with E-state index in [1.807, 2.05) is 18.7 Å². The quantitative estimate of drug-likeness (QED) is 0.833. The molecule has 102 valence electrons. The van der Waals surface area contributed by atoms with E-state index >= 15 is 0 Å². The Morgan fingerprint density at radius 3 is 2.56 bits per heavy atom. The first kappa shape index (κ1) is 13.4. The Balaban J connectivity index is 2.07. The summed E-state index contributed by atoms with van der Waals surface area (Å²) in [5.74, 6) is 0.116.